The third-order valence-corrected chi connectivity index (χ3v) is 3.09. The lowest BCUT2D eigenvalue weighted by Gasteiger charge is -2.20. The molecular weight excluding hydrogens is 246 g/mol. The van der Waals surface area contributed by atoms with Crippen LogP contribution in [0.3, 0.4) is 0 Å². The monoisotopic (exact) mass is 257 g/mol. The highest BCUT2D eigenvalue weighted by atomic mass is 16.5. The van der Waals surface area contributed by atoms with Crippen LogP contribution in [-0.4, -0.2) is 18.1 Å². The second-order valence-electron chi connectivity index (χ2n) is 4.19. The zero-order valence-corrected chi connectivity index (χ0v) is 10.2. The van der Waals surface area contributed by atoms with Crippen LogP contribution in [0.15, 0.2) is 35.1 Å². The lowest BCUT2D eigenvalue weighted by atomic mass is 9.98. The number of hydrogen-bond acceptors (Lipinski definition) is 4. The Hall–Kier alpha value is -2.56. The van der Waals surface area contributed by atoms with E-state index in [1.807, 2.05) is 24.3 Å². The maximum absolute atomic E-state index is 11.8. The molecule has 0 radical (unpaired) electrons. The van der Waals surface area contributed by atoms with Crippen molar-refractivity contribution in [2.24, 2.45) is 0 Å². The number of carbonyl (C=O) groups excluding carboxylic acids is 1. The summed E-state index contributed by atoms with van der Waals surface area (Å²) in [6.07, 6.45) is 0. The molecule has 3 rings (SSSR count). The maximum atomic E-state index is 11.8. The van der Waals surface area contributed by atoms with Crippen molar-refractivity contribution in [2.75, 3.05) is 7.11 Å². The molecule has 1 aromatic heterocycles. The van der Waals surface area contributed by atoms with E-state index in [1.165, 1.54) is 13.2 Å². The van der Waals surface area contributed by atoms with E-state index in [2.05, 4.69) is 9.72 Å². The predicted molar refractivity (Wildman–Crippen MR) is 68.2 cm³/mol. The number of rotatable bonds is 1. The summed E-state index contributed by atoms with van der Waals surface area (Å²) in [6.45, 7) is 0.399. The van der Waals surface area contributed by atoms with Crippen molar-refractivity contribution in [2.45, 2.75) is 6.61 Å². The van der Waals surface area contributed by atoms with Gasteiger partial charge in [0.2, 0.25) is 5.88 Å². The quantitative estimate of drug-likeness (QED) is 0.790. The zero-order chi connectivity index (χ0) is 13.4. The van der Waals surface area contributed by atoms with E-state index < -0.39 is 11.5 Å². The largest absolute Gasteiger partial charge is 0.474 e. The molecular formula is C14H11NO4. The van der Waals surface area contributed by atoms with Crippen molar-refractivity contribution in [1.29, 1.82) is 0 Å². The Morgan fingerprint density at radius 2 is 2.11 bits per heavy atom. The second-order valence-corrected chi connectivity index (χ2v) is 4.19. The summed E-state index contributed by atoms with van der Waals surface area (Å²) >= 11 is 0. The normalized spacial score (nSPS) is 12.1. The van der Waals surface area contributed by atoms with Gasteiger partial charge in [-0.2, -0.15) is 0 Å². The Bertz CT molecular complexity index is 718. The van der Waals surface area contributed by atoms with Crippen LogP contribution in [0.2, 0.25) is 0 Å². The highest BCUT2D eigenvalue weighted by molar-refractivity contribution is 5.91. The van der Waals surface area contributed by atoms with Crippen LogP contribution in [0.25, 0.3) is 11.1 Å². The number of esters is 1. The molecule has 0 fully saturated rings. The van der Waals surface area contributed by atoms with E-state index in [1.54, 1.807) is 0 Å². The summed E-state index contributed by atoms with van der Waals surface area (Å²) < 4.78 is 10.1. The fraction of sp³-hybridized carbons (Fsp3) is 0.143. The number of aromatic amines is 1. The van der Waals surface area contributed by atoms with Crippen LogP contribution < -0.4 is 10.3 Å². The van der Waals surface area contributed by atoms with Crippen molar-refractivity contribution < 1.29 is 14.3 Å². The van der Waals surface area contributed by atoms with Gasteiger partial charge < -0.3 is 9.47 Å². The zero-order valence-electron chi connectivity index (χ0n) is 10.2. The molecule has 0 atom stereocenters. The third kappa shape index (κ3) is 1.79. The molecule has 1 N–H and O–H groups in total. The first-order valence-corrected chi connectivity index (χ1v) is 5.77. The molecule has 1 aliphatic heterocycles. The van der Waals surface area contributed by atoms with E-state index in [4.69, 9.17) is 4.74 Å². The summed E-state index contributed by atoms with van der Waals surface area (Å²) in [5, 5.41) is 0. The highest BCUT2D eigenvalue weighted by Crippen LogP contribution is 2.35. The Morgan fingerprint density at radius 1 is 1.32 bits per heavy atom. The summed E-state index contributed by atoms with van der Waals surface area (Å²) in [5.41, 5.74) is 2.12. The van der Waals surface area contributed by atoms with Gasteiger partial charge in [-0.05, 0) is 17.2 Å². The molecule has 0 amide bonds. The summed E-state index contributed by atoms with van der Waals surface area (Å²) in [7, 11) is 1.24. The van der Waals surface area contributed by atoms with Gasteiger partial charge in [-0.1, -0.05) is 24.3 Å². The molecule has 5 nitrogen and oxygen atoms in total. The molecule has 0 saturated heterocycles. The molecule has 2 aromatic rings. The average molecular weight is 257 g/mol. The highest BCUT2D eigenvalue weighted by Gasteiger charge is 2.21. The first-order chi connectivity index (χ1) is 9.20. The van der Waals surface area contributed by atoms with Crippen LogP contribution in [0, 0.1) is 0 Å². The maximum Gasteiger partial charge on any atom is 0.343 e. The molecule has 0 spiro atoms. The Labute approximate surface area is 108 Å². The minimum absolute atomic E-state index is 0.0263. The van der Waals surface area contributed by atoms with Crippen LogP contribution in [0.5, 0.6) is 5.88 Å². The van der Waals surface area contributed by atoms with Crippen molar-refractivity contribution in [1.82, 2.24) is 4.98 Å². The molecule has 0 bridgehead atoms. The Kier molecular flexibility index (Phi) is 2.59. The van der Waals surface area contributed by atoms with E-state index in [9.17, 15) is 9.59 Å². The number of methoxy groups -OCH3 is 1. The van der Waals surface area contributed by atoms with Gasteiger partial charge >= 0.3 is 5.97 Å². The first kappa shape index (κ1) is 11.5. The second kappa shape index (κ2) is 4.28. The minimum Gasteiger partial charge on any atom is -0.474 e. The lowest BCUT2D eigenvalue weighted by molar-refractivity contribution is 0.0598. The fourth-order valence-electron chi connectivity index (χ4n) is 2.15. The van der Waals surface area contributed by atoms with Crippen molar-refractivity contribution >= 4 is 5.97 Å². The topological polar surface area (TPSA) is 68.4 Å². The van der Waals surface area contributed by atoms with E-state index in [0.717, 1.165) is 11.1 Å². The molecule has 2 heterocycles. The number of carbonyl (C=O) groups is 1. The predicted octanol–water partition coefficient (Wildman–Crippen LogP) is 1.72. The number of nitrogens with one attached hydrogen (secondary N) is 1. The third-order valence-electron chi connectivity index (χ3n) is 3.09. The smallest absolute Gasteiger partial charge is 0.343 e. The van der Waals surface area contributed by atoms with Gasteiger partial charge in [-0.3, -0.25) is 9.78 Å². The van der Waals surface area contributed by atoms with Gasteiger partial charge in [0.05, 0.1) is 7.11 Å². The van der Waals surface area contributed by atoms with Crippen LogP contribution in [0.4, 0.5) is 0 Å². The summed E-state index contributed by atoms with van der Waals surface area (Å²) in [4.78, 5) is 25.9. The number of H-pyrrole nitrogens is 1. The van der Waals surface area contributed by atoms with Crippen molar-refractivity contribution in [3.05, 3.63) is 51.8 Å². The molecule has 1 aliphatic rings. The Balaban J connectivity index is 2.24. The number of ether oxygens (including phenoxy) is 2. The van der Waals surface area contributed by atoms with Gasteiger partial charge in [-0.25, -0.2) is 4.79 Å². The van der Waals surface area contributed by atoms with Gasteiger partial charge in [0, 0.05) is 5.56 Å². The molecule has 1 aromatic carbocycles. The van der Waals surface area contributed by atoms with Crippen LogP contribution >= 0.6 is 0 Å². The molecule has 96 valence electrons. The number of fused-ring (bicyclic) bond motifs is 3. The minimum atomic E-state index is -0.660. The van der Waals surface area contributed by atoms with Crippen molar-refractivity contribution in [3.8, 4) is 17.0 Å². The summed E-state index contributed by atoms with van der Waals surface area (Å²) in [5.74, 6) is -0.275. The summed E-state index contributed by atoms with van der Waals surface area (Å²) in [6, 6.07) is 9.20. The first-order valence-electron chi connectivity index (χ1n) is 5.77. The number of benzene rings is 1. The van der Waals surface area contributed by atoms with Crippen LogP contribution in [0.1, 0.15) is 15.9 Å². The van der Waals surface area contributed by atoms with Crippen molar-refractivity contribution in [3.63, 3.8) is 0 Å². The van der Waals surface area contributed by atoms with E-state index in [0.29, 0.717) is 18.1 Å². The van der Waals surface area contributed by atoms with Gasteiger partial charge in [0.15, 0.2) is 0 Å². The van der Waals surface area contributed by atoms with E-state index in [-0.39, 0.29) is 5.56 Å². The number of hydrogen-bond donors (Lipinski definition) is 1. The standard InChI is InChI=1S/C14H11NO4/c1-18-14(17)11-6-10-9-5-3-2-4-8(9)7-19-13(10)15-12(11)16/h2-6H,7H2,1H3,(H,15,16). The number of pyridine rings is 1. The SMILES string of the molecule is COC(=O)c1cc2c([nH]c1=O)OCc1ccccc1-2. The van der Waals surface area contributed by atoms with Gasteiger partial charge in [0.25, 0.3) is 5.56 Å². The Morgan fingerprint density at radius 3 is 2.89 bits per heavy atom. The molecule has 0 saturated carbocycles. The van der Waals surface area contributed by atoms with Gasteiger partial charge in [-0.15, -0.1) is 0 Å². The fourth-order valence-corrected chi connectivity index (χ4v) is 2.15. The molecule has 5 heteroatoms. The molecule has 19 heavy (non-hydrogen) atoms. The number of aromatic nitrogens is 1. The lowest BCUT2D eigenvalue weighted by Crippen LogP contribution is -2.21. The van der Waals surface area contributed by atoms with Gasteiger partial charge in [0.1, 0.15) is 12.2 Å². The molecule has 0 unspecified atom stereocenters. The molecule has 0 aliphatic carbocycles. The average Bonchev–Trinajstić information content (AvgIpc) is 2.45. The van der Waals surface area contributed by atoms with E-state index >= 15 is 0 Å². The van der Waals surface area contributed by atoms with Crippen LogP contribution in [-0.2, 0) is 11.3 Å².